The van der Waals surface area contributed by atoms with E-state index in [9.17, 15) is 9.18 Å². The van der Waals surface area contributed by atoms with Crippen LogP contribution in [-0.2, 0) is 17.8 Å². The van der Waals surface area contributed by atoms with Crippen LogP contribution in [0.2, 0.25) is 0 Å². The Balaban J connectivity index is 1.53. The van der Waals surface area contributed by atoms with Gasteiger partial charge >= 0.3 is 0 Å². The fourth-order valence-electron chi connectivity index (χ4n) is 2.75. The van der Waals surface area contributed by atoms with E-state index in [0.717, 1.165) is 38.4 Å². The maximum Gasteiger partial charge on any atom is 0.251 e. The number of hydrogen-bond donors (Lipinski definition) is 1. The first-order valence-electron chi connectivity index (χ1n) is 8.22. The molecule has 0 aromatic heterocycles. The minimum atomic E-state index is -0.438. The maximum atomic E-state index is 13.4. The number of amides is 1. The Hall–Kier alpha value is -1.76. The molecule has 1 aliphatic rings. The largest absolute Gasteiger partial charge is 0.379 e. The lowest BCUT2D eigenvalue weighted by Gasteiger charge is -2.26. The molecule has 0 unspecified atom stereocenters. The van der Waals surface area contributed by atoms with Crippen molar-refractivity contribution >= 4 is 21.8 Å². The standard InChI is InChI=1S/C19H20BrFN2O2/c20-17-9-16(10-18(21)11-17)19(24)22-12-14-1-3-15(4-2-14)13-23-5-7-25-8-6-23/h1-4,9-11H,5-8,12-13H2,(H,22,24). The van der Waals surface area contributed by atoms with Gasteiger partial charge in [-0.2, -0.15) is 0 Å². The summed E-state index contributed by atoms with van der Waals surface area (Å²) in [6.45, 7) is 4.82. The van der Waals surface area contributed by atoms with E-state index in [-0.39, 0.29) is 5.91 Å². The van der Waals surface area contributed by atoms with Gasteiger partial charge in [-0.05, 0) is 29.3 Å². The molecule has 2 aromatic carbocycles. The van der Waals surface area contributed by atoms with Gasteiger partial charge < -0.3 is 10.1 Å². The van der Waals surface area contributed by atoms with Crippen molar-refractivity contribution in [3.05, 3.63) is 69.4 Å². The SMILES string of the molecule is O=C(NCc1ccc(CN2CCOCC2)cc1)c1cc(F)cc(Br)c1. The number of morpholine rings is 1. The van der Waals surface area contributed by atoms with Crippen molar-refractivity contribution in [1.29, 1.82) is 0 Å². The van der Waals surface area contributed by atoms with Crippen molar-refractivity contribution in [2.45, 2.75) is 13.1 Å². The molecule has 0 atom stereocenters. The molecule has 1 fully saturated rings. The lowest BCUT2D eigenvalue weighted by Crippen LogP contribution is -2.35. The van der Waals surface area contributed by atoms with E-state index in [1.54, 1.807) is 6.07 Å². The number of rotatable bonds is 5. The van der Waals surface area contributed by atoms with Crippen LogP contribution in [0.4, 0.5) is 4.39 Å². The quantitative estimate of drug-likeness (QED) is 0.827. The third-order valence-corrected chi connectivity index (χ3v) is 4.57. The molecule has 25 heavy (non-hydrogen) atoms. The zero-order valence-corrected chi connectivity index (χ0v) is 15.4. The second kappa shape index (κ2) is 8.56. The van der Waals surface area contributed by atoms with Crippen molar-refractivity contribution < 1.29 is 13.9 Å². The molecular formula is C19H20BrFN2O2. The fraction of sp³-hybridized carbons (Fsp3) is 0.316. The van der Waals surface area contributed by atoms with Gasteiger partial charge in [0.25, 0.3) is 5.91 Å². The minimum Gasteiger partial charge on any atom is -0.379 e. The maximum absolute atomic E-state index is 13.4. The molecule has 1 amide bonds. The number of nitrogens with one attached hydrogen (secondary N) is 1. The van der Waals surface area contributed by atoms with Gasteiger partial charge in [0.15, 0.2) is 0 Å². The summed E-state index contributed by atoms with van der Waals surface area (Å²) < 4.78 is 19.3. The number of halogens is 2. The predicted molar refractivity (Wildman–Crippen MR) is 97.8 cm³/mol. The summed E-state index contributed by atoms with van der Waals surface area (Å²) in [5.74, 6) is -0.732. The van der Waals surface area contributed by atoms with E-state index < -0.39 is 5.82 Å². The van der Waals surface area contributed by atoms with Crippen LogP contribution in [0, 0.1) is 5.82 Å². The highest BCUT2D eigenvalue weighted by molar-refractivity contribution is 9.10. The zero-order chi connectivity index (χ0) is 17.6. The Morgan fingerprint density at radius 2 is 1.80 bits per heavy atom. The van der Waals surface area contributed by atoms with Crippen LogP contribution in [0.25, 0.3) is 0 Å². The van der Waals surface area contributed by atoms with Crippen LogP contribution in [0.1, 0.15) is 21.5 Å². The highest BCUT2D eigenvalue weighted by Crippen LogP contribution is 2.15. The van der Waals surface area contributed by atoms with Crippen LogP contribution in [-0.4, -0.2) is 37.1 Å². The van der Waals surface area contributed by atoms with Crippen molar-refractivity contribution in [1.82, 2.24) is 10.2 Å². The van der Waals surface area contributed by atoms with Crippen molar-refractivity contribution in [2.24, 2.45) is 0 Å². The third kappa shape index (κ3) is 5.36. The number of nitrogens with zero attached hydrogens (tertiary/aromatic N) is 1. The van der Waals surface area contributed by atoms with Gasteiger partial charge in [0.2, 0.25) is 0 Å². The van der Waals surface area contributed by atoms with Gasteiger partial charge in [0, 0.05) is 36.2 Å². The van der Waals surface area contributed by atoms with E-state index >= 15 is 0 Å². The average molecular weight is 407 g/mol. The van der Waals surface area contributed by atoms with Crippen LogP contribution in [0.3, 0.4) is 0 Å². The van der Waals surface area contributed by atoms with Crippen LogP contribution >= 0.6 is 15.9 Å². The second-order valence-corrected chi connectivity index (χ2v) is 6.96. The summed E-state index contributed by atoms with van der Waals surface area (Å²) in [5, 5.41) is 2.82. The number of benzene rings is 2. The average Bonchev–Trinajstić information content (AvgIpc) is 2.61. The molecule has 2 aromatic rings. The second-order valence-electron chi connectivity index (χ2n) is 6.05. The fourth-order valence-corrected chi connectivity index (χ4v) is 3.21. The molecular weight excluding hydrogens is 387 g/mol. The molecule has 0 bridgehead atoms. The molecule has 6 heteroatoms. The third-order valence-electron chi connectivity index (χ3n) is 4.11. The molecule has 0 saturated carbocycles. The summed E-state index contributed by atoms with van der Waals surface area (Å²) >= 11 is 3.19. The highest BCUT2D eigenvalue weighted by atomic mass is 79.9. The Labute approximate surface area is 155 Å². The normalized spacial score (nSPS) is 15.1. The monoisotopic (exact) mass is 406 g/mol. The number of ether oxygens (including phenoxy) is 1. The Morgan fingerprint density at radius 1 is 1.12 bits per heavy atom. The number of hydrogen-bond acceptors (Lipinski definition) is 3. The highest BCUT2D eigenvalue weighted by Gasteiger charge is 2.11. The van der Waals surface area contributed by atoms with E-state index in [0.29, 0.717) is 16.6 Å². The molecule has 0 radical (unpaired) electrons. The predicted octanol–water partition coefficient (Wildman–Crippen LogP) is 3.35. The van der Waals surface area contributed by atoms with Gasteiger partial charge in [-0.25, -0.2) is 4.39 Å². The first-order chi connectivity index (χ1) is 12.1. The Bertz CT molecular complexity index is 710. The van der Waals surface area contributed by atoms with Crippen molar-refractivity contribution in [2.75, 3.05) is 26.3 Å². The van der Waals surface area contributed by atoms with Crippen LogP contribution in [0.5, 0.6) is 0 Å². The summed E-state index contributed by atoms with van der Waals surface area (Å²) in [7, 11) is 0. The van der Waals surface area contributed by atoms with E-state index in [1.165, 1.54) is 17.7 Å². The first-order valence-corrected chi connectivity index (χ1v) is 9.02. The molecule has 0 aliphatic carbocycles. The zero-order valence-electron chi connectivity index (χ0n) is 13.8. The summed E-state index contributed by atoms with van der Waals surface area (Å²) in [4.78, 5) is 14.5. The summed E-state index contributed by atoms with van der Waals surface area (Å²) in [6, 6.07) is 12.3. The van der Waals surface area contributed by atoms with Gasteiger partial charge in [-0.15, -0.1) is 0 Å². The molecule has 1 N–H and O–H groups in total. The van der Waals surface area contributed by atoms with Gasteiger partial charge in [-0.1, -0.05) is 40.2 Å². The van der Waals surface area contributed by atoms with Crippen molar-refractivity contribution in [3.8, 4) is 0 Å². The van der Waals surface area contributed by atoms with Gasteiger partial charge in [-0.3, -0.25) is 9.69 Å². The topological polar surface area (TPSA) is 41.6 Å². The van der Waals surface area contributed by atoms with E-state index in [4.69, 9.17) is 4.74 Å². The molecule has 1 heterocycles. The van der Waals surface area contributed by atoms with Crippen LogP contribution < -0.4 is 5.32 Å². The Kier molecular flexibility index (Phi) is 6.18. The molecule has 1 saturated heterocycles. The van der Waals surface area contributed by atoms with Crippen LogP contribution in [0.15, 0.2) is 46.9 Å². The number of carbonyl (C=O) groups excluding carboxylic acids is 1. The minimum absolute atomic E-state index is 0.294. The van der Waals surface area contributed by atoms with E-state index in [2.05, 4.69) is 38.3 Å². The summed E-state index contributed by atoms with van der Waals surface area (Å²) in [5.41, 5.74) is 2.55. The molecule has 132 valence electrons. The summed E-state index contributed by atoms with van der Waals surface area (Å²) in [6.07, 6.45) is 0. The lowest BCUT2D eigenvalue weighted by atomic mass is 10.1. The first kappa shape index (κ1) is 18.0. The Morgan fingerprint density at radius 3 is 2.48 bits per heavy atom. The van der Waals surface area contributed by atoms with Crippen molar-refractivity contribution in [3.63, 3.8) is 0 Å². The molecule has 3 rings (SSSR count). The van der Waals surface area contributed by atoms with E-state index in [1.807, 2.05) is 12.1 Å². The molecule has 1 aliphatic heterocycles. The molecule has 4 nitrogen and oxygen atoms in total. The number of carbonyl (C=O) groups is 1. The van der Waals surface area contributed by atoms with Gasteiger partial charge in [0.05, 0.1) is 13.2 Å². The molecule has 0 spiro atoms. The van der Waals surface area contributed by atoms with Gasteiger partial charge in [0.1, 0.15) is 5.82 Å². The lowest BCUT2D eigenvalue weighted by molar-refractivity contribution is 0.0342. The smallest absolute Gasteiger partial charge is 0.251 e.